The number of pyridine rings is 1. The number of fused-ring (bicyclic) bond motifs is 1. The van der Waals surface area contributed by atoms with Gasteiger partial charge in [0.15, 0.2) is 0 Å². The van der Waals surface area contributed by atoms with Crippen LogP contribution in [0.5, 0.6) is 0 Å². The molecular weight excluding hydrogens is 458 g/mol. The summed E-state index contributed by atoms with van der Waals surface area (Å²) in [4.78, 5) is 11.5. The van der Waals surface area contributed by atoms with Crippen LogP contribution in [-0.4, -0.2) is 23.4 Å². The number of nitrogens with one attached hydrogen (secondary N) is 1. The minimum Gasteiger partial charge on any atom is -0.263 e. The van der Waals surface area contributed by atoms with Crippen LogP contribution >= 0.6 is 11.6 Å². The Morgan fingerprint density at radius 1 is 1.06 bits per heavy atom. The number of aromatic nitrogens is 3. The fraction of sp³-hybridized carbons (Fsp3) is 0.136. The number of sulfonamides is 1. The molecule has 4 rings (SSSR count). The summed E-state index contributed by atoms with van der Waals surface area (Å²) in [5.41, 5.74) is 1.59. The van der Waals surface area contributed by atoms with Crippen molar-refractivity contribution < 1.29 is 17.2 Å². The first-order valence-electron chi connectivity index (χ1n) is 9.60. The molecule has 0 atom stereocenters. The van der Waals surface area contributed by atoms with E-state index in [1.54, 1.807) is 32.0 Å². The third-order valence-electron chi connectivity index (χ3n) is 4.97. The Morgan fingerprint density at radius 3 is 2.50 bits per heavy atom. The summed E-state index contributed by atoms with van der Waals surface area (Å²) in [5, 5.41) is 0.569. The van der Waals surface area contributed by atoms with Gasteiger partial charge in [-0.05, 0) is 43.7 Å². The summed E-state index contributed by atoms with van der Waals surface area (Å²) < 4.78 is 56.5. The Hall–Kier alpha value is -3.17. The predicted octanol–water partition coefficient (Wildman–Crippen LogP) is 5.30. The largest absolute Gasteiger partial charge is 0.309 e. The molecule has 32 heavy (non-hydrogen) atoms. The molecule has 2 aromatic heterocycles. The lowest BCUT2D eigenvalue weighted by Gasteiger charge is -2.14. The number of aryl methyl sites for hydroxylation is 2. The van der Waals surface area contributed by atoms with Crippen LogP contribution in [0.1, 0.15) is 18.2 Å². The highest BCUT2D eigenvalue weighted by Crippen LogP contribution is 2.33. The molecule has 0 aliphatic rings. The average molecular weight is 475 g/mol. The SMILES string of the molecule is CCc1c(F)c(-c2ccc(NS(=O)(=O)c3ccccc3Cl)nc2C)cc2cnc(F)nc12. The number of nitrogens with zero attached hydrogens (tertiary/aromatic N) is 3. The first-order valence-corrected chi connectivity index (χ1v) is 11.5. The van der Waals surface area contributed by atoms with Gasteiger partial charge in [0.2, 0.25) is 0 Å². The van der Waals surface area contributed by atoms with Crippen LogP contribution in [0.4, 0.5) is 14.6 Å². The average Bonchev–Trinajstić information content (AvgIpc) is 2.74. The quantitative estimate of drug-likeness (QED) is 0.397. The number of halogens is 3. The molecule has 0 saturated carbocycles. The van der Waals surface area contributed by atoms with Crippen molar-refractivity contribution in [3.63, 3.8) is 0 Å². The molecule has 0 bridgehead atoms. The summed E-state index contributed by atoms with van der Waals surface area (Å²) in [6, 6.07) is 10.6. The van der Waals surface area contributed by atoms with Crippen molar-refractivity contribution in [3.05, 3.63) is 76.8 Å². The van der Waals surface area contributed by atoms with E-state index in [1.165, 1.54) is 30.5 Å². The summed E-state index contributed by atoms with van der Waals surface area (Å²) in [7, 11) is -3.96. The zero-order chi connectivity index (χ0) is 23.0. The molecule has 10 heteroatoms. The van der Waals surface area contributed by atoms with Gasteiger partial charge in [-0.1, -0.05) is 30.7 Å². The summed E-state index contributed by atoms with van der Waals surface area (Å²) in [6.07, 6.45) is 0.677. The fourth-order valence-electron chi connectivity index (χ4n) is 3.48. The Balaban J connectivity index is 1.76. The molecular formula is C22H17ClF2N4O2S. The predicted molar refractivity (Wildman–Crippen MR) is 119 cm³/mol. The van der Waals surface area contributed by atoms with Crippen LogP contribution in [0, 0.1) is 18.8 Å². The van der Waals surface area contributed by atoms with Gasteiger partial charge in [-0.3, -0.25) is 4.72 Å². The molecule has 0 amide bonds. The van der Waals surface area contributed by atoms with Crippen LogP contribution in [0.3, 0.4) is 0 Å². The molecule has 0 unspecified atom stereocenters. The monoisotopic (exact) mass is 474 g/mol. The summed E-state index contributed by atoms with van der Waals surface area (Å²) in [6.45, 7) is 3.39. The van der Waals surface area contributed by atoms with Crippen molar-refractivity contribution in [3.8, 4) is 11.1 Å². The number of benzene rings is 2. The number of anilines is 1. The lowest BCUT2D eigenvalue weighted by Crippen LogP contribution is -2.14. The van der Waals surface area contributed by atoms with Crippen LogP contribution < -0.4 is 4.72 Å². The van der Waals surface area contributed by atoms with Gasteiger partial charge in [0.25, 0.3) is 10.0 Å². The third kappa shape index (κ3) is 4.01. The van der Waals surface area contributed by atoms with Gasteiger partial charge < -0.3 is 0 Å². The van der Waals surface area contributed by atoms with E-state index in [4.69, 9.17) is 11.6 Å². The second-order valence-electron chi connectivity index (χ2n) is 7.01. The molecule has 2 aromatic carbocycles. The minimum atomic E-state index is -3.96. The second-order valence-corrected chi connectivity index (χ2v) is 9.07. The summed E-state index contributed by atoms with van der Waals surface area (Å²) in [5.74, 6) is -0.471. The molecule has 0 spiro atoms. The lowest BCUT2D eigenvalue weighted by atomic mass is 9.97. The molecule has 2 heterocycles. The van der Waals surface area contributed by atoms with Gasteiger partial charge in [-0.2, -0.15) is 4.39 Å². The van der Waals surface area contributed by atoms with Gasteiger partial charge in [0.1, 0.15) is 16.5 Å². The third-order valence-corrected chi connectivity index (χ3v) is 6.82. The second kappa shape index (κ2) is 8.40. The first-order chi connectivity index (χ1) is 15.2. The normalized spacial score (nSPS) is 11.7. The Labute approximate surface area is 188 Å². The molecule has 0 aliphatic carbocycles. The first kappa shape index (κ1) is 22.0. The van der Waals surface area contributed by atoms with Gasteiger partial charge in [0, 0.05) is 34.0 Å². The molecule has 0 radical (unpaired) electrons. The highest BCUT2D eigenvalue weighted by Gasteiger charge is 2.20. The zero-order valence-electron chi connectivity index (χ0n) is 17.0. The van der Waals surface area contributed by atoms with Crippen molar-refractivity contribution in [2.75, 3.05) is 4.72 Å². The van der Waals surface area contributed by atoms with Gasteiger partial charge in [-0.15, -0.1) is 0 Å². The van der Waals surface area contributed by atoms with Crippen molar-refractivity contribution in [1.82, 2.24) is 15.0 Å². The standard InChI is InChI=1S/C22H17ClF2N4O2S/c1-3-14-20(24)16(10-13-11-26-22(25)28-21(13)14)15-8-9-19(27-12(15)2)29-32(30,31)18-7-5-4-6-17(18)23/h4-11H,3H2,1-2H3,(H,27,29). The van der Waals surface area contributed by atoms with Crippen LogP contribution in [0.15, 0.2) is 53.6 Å². The van der Waals surface area contributed by atoms with Crippen molar-refractivity contribution in [1.29, 1.82) is 0 Å². The maximum atomic E-state index is 15.3. The molecule has 164 valence electrons. The minimum absolute atomic E-state index is 0.0634. The Kier molecular flexibility index (Phi) is 5.79. The lowest BCUT2D eigenvalue weighted by molar-refractivity contribution is 0.543. The molecule has 0 aliphatic heterocycles. The number of hydrogen-bond donors (Lipinski definition) is 1. The topological polar surface area (TPSA) is 84.8 Å². The van der Waals surface area contributed by atoms with E-state index in [0.717, 1.165) is 0 Å². The molecule has 1 N–H and O–H groups in total. The number of hydrogen-bond acceptors (Lipinski definition) is 5. The zero-order valence-corrected chi connectivity index (χ0v) is 18.6. The Bertz CT molecular complexity index is 1460. The van der Waals surface area contributed by atoms with E-state index in [2.05, 4.69) is 19.7 Å². The van der Waals surface area contributed by atoms with Crippen molar-refractivity contribution in [2.45, 2.75) is 25.2 Å². The van der Waals surface area contributed by atoms with Crippen LogP contribution in [0.2, 0.25) is 5.02 Å². The Morgan fingerprint density at radius 2 is 1.81 bits per heavy atom. The highest BCUT2D eigenvalue weighted by atomic mass is 35.5. The summed E-state index contributed by atoms with van der Waals surface area (Å²) >= 11 is 6.00. The smallest absolute Gasteiger partial charge is 0.263 e. The van der Waals surface area contributed by atoms with Crippen molar-refractivity contribution in [2.24, 2.45) is 0 Å². The van der Waals surface area contributed by atoms with Crippen LogP contribution in [0.25, 0.3) is 22.0 Å². The molecule has 0 saturated heterocycles. The van der Waals surface area contributed by atoms with E-state index in [1.807, 2.05) is 0 Å². The van der Waals surface area contributed by atoms with E-state index in [0.29, 0.717) is 23.1 Å². The van der Waals surface area contributed by atoms with Crippen LogP contribution in [-0.2, 0) is 16.4 Å². The maximum absolute atomic E-state index is 15.3. The van der Waals surface area contributed by atoms with E-state index < -0.39 is 21.9 Å². The van der Waals surface area contributed by atoms with Crippen molar-refractivity contribution >= 4 is 38.3 Å². The van der Waals surface area contributed by atoms with E-state index in [-0.39, 0.29) is 32.4 Å². The number of rotatable bonds is 5. The fourth-order valence-corrected chi connectivity index (χ4v) is 5.00. The maximum Gasteiger partial charge on any atom is 0.309 e. The van der Waals surface area contributed by atoms with Gasteiger partial charge >= 0.3 is 6.08 Å². The van der Waals surface area contributed by atoms with Gasteiger partial charge in [0.05, 0.1) is 10.5 Å². The molecule has 6 nitrogen and oxygen atoms in total. The molecule has 0 fully saturated rings. The highest BCUT2D eigenvalue weighted by molar-refractivity contribution is 7.92. The van der Waals surface area contributed by atoms with E-state index >= 15 is 4.39 Å². The van der Waals surface area contributed by atoms with Gasteiger partial charge in [-0.25, -0.2) is 27.8 Å². The molecule has 4 aromatic rings. The van der Waals surface area contributed by atoms with E-state index in [9.17, 15) is 12.8 Å².